The molecule has 0 spiro atoms. The van der Waals surface area contributed by atoms with Crippen LogP contribution in [0.15, 0.2) is 49.4 Å². The van der Waals surface area contributed by atoms with Gasteiger partial charge >= 0.3 is 6.03 Å². The molecule has 0 atom stereocenters. The first-order valence-corrected chi connectivity index (χ1v) is 8.94. The molecule has 3 aromatic rings. The molecule has 8 nitrogen and oxygen atoms in total. The number of benzene rings is 1. The summed E-state index contributed by atoms with van der Waals surface area (Å²) in [6.45, 7) is 4.61. The van der Waals surface area contributed by atoms with E-state index >= 15 is 0 Å². The number of aryl methyl sites for hydroxylation is 1. The van der Waals surface area contributed by atoms with E-state index in [1.165, 1.54) is 10.9 Å². The molecule has 140 valence electrons. The fourth-order valence-corrected chi connectivity index (χ4v) is 3.28. The van der Waals surface area contributed by atoms with Crippen LogP contribution >= 0.6 is 0 Å². The third-order valence-electron chi connectivity index (χ3n) is 4.60. The maximum absolute atomic E-state index is 12.8. The average molecular weight is 366 g/mol. The maximum atomic E-state index is 12.8. The summed E-state index contributed by atoms with van der Waals surface area (Å²) < 4.78 is 9.23. The summed E-state index contributed by atoms with van der Waals surface area (Å²) in [5.41, 5.74) is 2.80. The molecule has 8 heteroatoms. The summed E-state index contributed by atoms with van der Waals surface area (Å²) in [6.07, 6.45) is 8.58. The molecule has 0 unspecified atom stereocenters. The number of hydrogen-bond donors (Lipinski definition) is 0. The number of ether oxygens (including phenoxy) is 1. The van der Waals surface area contributed by atoms with E-state index in [1.54, 1.807) is 23.6 Å². The number of aromatic nitrogens is 4. The predicted molar refractivity (Wildman–Crippen MR) is 102 cm³/mol. The highest BCUT2D eigenvalue weighted by atomic mass is 16.5. The van der Waals surface area contributed by atoms with Gasteiger partial charge in [-0.1, -0.05) is 0 Å². The summed E-state index contributed by atoms with van der Waals surface area (Å²) in [4.78, 5) is 25.1. The lowest BCUT2D eigenvalue weighted by atomic mass is 10.2. The van der Waals surface area contributed by atoms with Gasteiger partial charge in [-0.2, -0.15) is 0 Å². The van der Waals surface area contributed by atoms with Gasteiger partial charge in [0.05, 0.1) is 30.8 Å². The van der Waals surface area contributed by atoms with E-state index in [-0.39, 0.29) is 6.03 Å². The standard InChI is InChI=1S/C19H22N6O2/c1-3-25(19(26)24-7-6-20-13-24)16-4-5-18-17(10-16)23(8-9-27-18)12-15-11-22(2)14-21-15/h4-7,10-11,13-14H,3,8-9,12H2,1-2H3. The van der Waals surface area contributed by atoms with E-state index in [0.29, 0.717) is 19.7 Å². The normalized spacial score (nSPS) is 13.2. The Bertz CT molecular complexity index is 934. The second kappa shape index (κ2) is 7.14. The number of rotatable bonds is 4. The second-order valence-corrected chi connectivity index (χ2v) is 6.45. The van der Waals surface area contributed by atoms with E-state index < -0.39 is 0 Å². The molecule has 27 heavy (non-hydrogen) atoms. The minimum Gasteiger partial charge on any atom is -0.490 e. The zero-order valence-electron chi connectivity index (χ0n) is 15.4. The van der Waals surface area contributed by atoms with Crippen LogP contribution in [-0.2, 0) is 13.6 Å². The van der Waals surface area contributed by atoms with Crippen molar-refractivity contribution < 1.29 is 9.53 Å². The lowest BCUT2D eigenvalue weighted by Gasteiger charge is -2.32. The van der Waals surface area contributed by atoms with Gasteiger partial charge in [0, 0.05) is 37.9 Å². The highest BCUT2D eigenvalue weighted by Gasteiger charge is 2.22. The Labute approximate surface area is 157 Å². The second-order valence-electron chi connectivity index (χ2n) is 6.45. The van der Waals surface area contributed by atoms with Gasteiger partial charge in [0.2, 0.25) is 0 Å². The fourth-order valence-electron chi connectivity index (χ4n) is 3.28. The number of anilines is 2. The van der Waals surface area contributed by atoms with Gasteiger partial charge in [0.25, 0.3) is 0 Å². The minimum atomic E-state index is -0.136. The first-order chi connectivity index (χ1) is 13.2. The van der Waals surface area contributed by atoms with E-state index in [0.717, 1.165) is 29.4 Å². The van der Waals surface area contributed by atoms with Crippen LogP contribution < -0.4 is 14.5 Å². The van der Waals surface area contributed by atoms with E-state index in [9.17, 15) is 4.79 Å². The molecule has 0 radical (unpaired) electrons. The topological polar surface area (TPSA) is 68.4 Å². The Morgan fingerprint density at radius 2 is 2.22 bits per heavy atom. The zero-order valence-corrected chi connectivity index (χ0v) is 15.4. The number of nitrogens with zero attached hydrogens (tertiary/aromatic N) is 6. The molecule has 1 aromatic carbocycles. The highest BCUT2D eigenvalue weighted by Crippen LogP contribution is 2.36. The molecule has 0 bridgehead atoms. The number of carbonyl (C=O) groups excluding carboxylic acids is 1. The summed E-state index contributed by atoms with van der Waals surface area (Å²) in [5, 5.41) is 0. The van der Waals surface area contributed by atoms with Gasteiger partial charge < -0.3 is 14.2 Å². The minimum absolute atomic E-state index is 0.136. The SMILES string of the molecule is CCN(C(=O)n1ccnc1)c1ccc2c(c1)N(Cc1cn(C)cn1)CCO2. The van der Waals surface area contributed by atoms with Crippen LogP contribution in [0, 0.1) is 0 Å². The number of carbonyl (C=O) groups is 1. The fraction of sp³-hybridized carbons (Fsp3) is 0.316. The number of imidazole rings is 2. The summed E-state index contributed by atoms with van der Waals surface area (Å²) in [5.74, 6) is 0.826. The van der Waals surface area contributed by atoms with Crippen molar-refractivity contribution in [3.8, 4) is 5.75 Å². The first-order valence-electron chi connectivity index (χ1n) is 8.94. The Hall–Kier alpha value is -3.29. The van der Waals surface area contributed by atoms with Crippen molar-refractivity contribution in [1.29, 1.82) is 0 Å². The Morgan fingerprint density at radius 1 is 1.33 bits per heavy atom. The van der Waals surface area contributed by atoms with Gasteiger partial charge in [0.15, 0.2) is 0 Å². The van der Waals surface area contributed by atoms with Gasteiger partial charge in [-0.15, -0.1) is 0 Å². The lowest BCUT2D eigenvalue weighted by Crippen LogP contribution is -2.35. The van der Waals surface area contributed by atoms with Crippen LogP contribution in [0.2, 0.25) is 0 Å². The predicted octanol–water partition coefficient (Wildman–Crippen LogP) is 2.51. The molecule has 1 aliphatic rings. The van der Waals surface area contributed by atoms with E-state index in [2.05, 4.69) is 14.9 Å². The van der Waals surface area contributed by atoms with Crippen LogP contribution in [0.1, 0.15) is 12.6 Å². The van der Waals surface area contributed by atoms with Crippen LogP contribution in [0.25, 0.3) is 0 Å². The molecule has 0 aliphatic carbocycles. The molecule has 0 fully saturated rings. The summed E-state index contributed by atoms with van der Waals surface area (Å²) in [6, 6.07) is 5.72. The molecule has 1 amide bonds. The van der Waals surface area contributed by atoms with Crippen molar-refractivity contribution >= 4 is 17.4 Å². The van der Waals surface area contributed by atoms with Gasteiger partial charge in [-0.25, -0.2) is 14.8 Å². The molecule has 4 rings (SSSR count). The Morgan fingerprint density at radius 3 is 2.93 bits per heavy atom. The number of fused-ring (bicyclic) bond motifs is 1. The van der Waals surface area contributed by atoms with Crippen molar-refractivity contribution in [3.05, 3.63) is 55.1 Å². The molecular weight excluding hydrogens is 344 g/mol. The number of amides is 1. The highest BCUT2D eigenvalue weighted by molar-refractivity contribution is 5.94. The molecule has 0 saturated heterocycles. The van der Waals surface area contributed by atoms with Crippen LogP contribution in [0.5, 0.6) is 5.75 Å². The summed E-state index contributed by atoms with van der Waals surface area (Å²) >= 11 is 0. The quantitative estimate of drug-likeness (QED) is 0.710. The van der Waals surface area contributed by atoms with Crippen molar-refractivity contribution in [2.45, 2.75) is 13.5 Å². The molecule has 0 saturated carbocycles. The Kier molecular flexibility index (Phi) is 4.53. The van der Waals surface area contributed by atoms with Gasteiger partial charge in [-0.05, 0) is 25.1 Å². The smallest absolute Gasteiger partial charge is 0.333 e. The monoisotopic (exact) mass is 366 g/mol. The largest absolute Gasteiger partial charge is 0.490 e. The lowest BCUT2D eigenvalue weighted by molar-refractivity contribution is 0.248. The summed E-state index contributed by atoms with van der Waals surface area (Å²) in [7, 11) is 1.96. The van der Waals surface area contributed by atoms with Crippen molar-refractivity contribution in [2.75, 3.05) is 29.5 Å². The van der Waals surface area contributed by atoms with E-state index in [1.807, 2.05) is 42.9 Å². The Balaban J connectivity index is 1.64. The van der Waals surface area contributed by atoms with Crippen LogP contribution in [0.4, 0.5) is 16.2 Å². The third kappa shape index (κ3) is 3.38. The maximum Gasteiger partial charge on any atom is 0.333 e. The van der Waals surface area contributed by atoms with Crippen molar-refractivity contribution in [1.82, 2.24) is 19.1 Å². The van der Waals surface area contributed by atoms with Gasteiger partial charge in [-0.3, -0.25) is 9.47 Å². The van der Waals surface area contributed by atoms with Crippen LogP contribution in [0.3, 0.4) is 0 Å². The molecule has 1 aliphatic heterocycles. The average Bonchev–Trinajstić information content (AvgIpc) is 3.35. The molecule has 0 N–H and O–H groups in total. The van der Waals surface area contributed by atoms with Crippen LogP contribution in [-0.4, -0.2) is 44.8 Å². The first kappa shape index (κ1) is 17.1. The van der Waals surface area contributed by atoms with Gasteiger partial charge in [0.1, 0.15) is 18.7 Å². The molecular formula is C19H22N6O2. The number of hydrogen-bond acceptors (Lipinski definition) is 5. The van der Waals surface area contributed by atoms with Crippen molar-refractivity contribution in [3.63, 3.8) is 0 Å². The molecule has 2 aromatic heterocycles. The van der Waals surface area contributed by atoms with Crippen molar-refractivity contribution in [2.24, 2.45) is 7.05 Å². The zero-order chi connectivity index (χ0) is 18.8. The molecule has 3 heterocycles. The third-order valence-corrected chi connectivity index (χ3v) is 4.60. The van der Waals surface area contributed by atoms with E-state index in [4.69, 9.17) is 4.74 Å².